The van der Waals surface area contributed by atoms with E-state index in [0.717, 1.165) is 30.8 Å². The standard InChI is InChI=1S/C23H30N2O2.ClH/c1-15-8-16(2)10-18(9-15)11-22(19-6-5-7-21(12-19)27-4)25-23(26)17(3)20-13-24-14-20;/h5-10,12,17,20,22,24H,11,13-14H2,1-4H3,(H,25,26);1H. The maximum atomic E-state index is 12.9. The van der Waals surface area contributed by atoms with Gasteiger partial charge in [-0.3, -0.25) is 4.79 Å². The molecule has 1 aliphatic rings. The number of carbonyl (C=O) groups excluding carboxylic acids is 1. The van der Waals surface area contributed by atoms with E-state index >= 15 is 0 Å². The van der Waals surface area contributed by atoms with Gasteiger partial charge in [-0.05, 0) is 62.5 Å². The Hall–Kier alpha value is -2.04. The number of halogens is 1. The topological polar surface area (TPSA) is 50.4 Å². The first-order valence-corrected chi connectivity index (χ1v) is 9.68. The van der Waals surface area contributed by atoms with Crippen molar-refractivity contribution in [2.45, 2.75) is 33.2 Å². The van der Waals surface area contributed by atoms with Crippen LogP contribution in [0.5, 0.6) is 5.75 Å². The molecule has 1 fully saturated rings. The smallest absolute Gasteiger partial charge is 0.223 e. The Kier molecular flexibility index (Phi) is 7.90. The van der Waals surface area contributed by atoms with Crippen LogP contribution < -0.4 is 15.4 Å². The van der Waals surface area contributed by atoms with Crippen molar-refractivity contribution >= 4 is 18.3 Å². The van der Waals surface area contributed by atoms with E-state index in [4.69, 9.17) is 4.74 Å². The van der Waals surface area contributed by atoms with Crippen molar-refractivity contribution < 1.29 is 9.53 Å². The molecule has 1 amide bonds. The summed E-state index contributed by atoms with van der Waals surface area (Å²) in [6.07, 6.45) is 0.761. The summed E-state index contributed by atoms with van der Waals surface area (Å²) in [6, 6.07) is 14.5. The fourth-order valence-corrected chi connectivity index (χ4v) is 3.71. The van der Waals surface area contributed by atoms with Crippen molar-refractivity contribution in [3.05, 3.63) is 64.7 Å². The molecule has 2 N–H and O–H groups in total. The number of ether oxygens (including phenoxy) is 1. The van der Waals surface area contributed by atoms with E-state index in [2.05, 4.69) is 48.7 Å². The van der Waals surface area contributed by atoms with E-state index in [1.807, 2.05) is 25.1 Å². The SMILES string of the molecule is COc1cccc(C(Cc2cc(C)cc(C)c2)NC(=O)C(C)C2CNC2)c1.Cl. The Balaban J connectivity index is 0.00000280. The first kappa shape index (κ1) is 22.3. The van der Waals surface area contributed by atoms with Crippen LogP contribution in [0.2, 0.25) is 0 Å². The zero-order chi connectivity index (χ0) is 19.4. The lowest BCUT2D eigenvalue weighted by Gasteiger charge is -2.33. The molecule has 1 heterocycles. The van der Waals surface area contributed by atoms with Crippen LogP contribution in [0, 0.1) is 25.7 Å². The molecule has 2 aromatic rings. The zero-order valence-electron chi connectivity index (χ0n) is 17.1. The van der Waals surface area contributed by atoms with E-state index in [9.17, 15) is 4.79 Å². The normalized spacial score (nSPS) is 15.7. The van der Waals surface area contributed by atoms with Crippen molar-refractivity contribution in [3.63, 3.8) is 0 Å². The number of amides is 1. The largest absolute Gasteiger partial charge is 0.497 e. The number of carbonyl (C=O) groups is 1. The van der Waals surface area contributed by atoms with Gasteiger partial charge in [-0.25, -0.2) is 0 Å². The Morgan fingerprint density at radius 1 is 1.18 bits per heavy atom. The summed E-state index contributed by atoms with van der Waals surface area (Å²) < 4.78 is 5.39. The average Bonchev–Trinajstić information content (AvgIpc) is 2.58. The van der Waals surface area contributed by atoms with E-state index in [1.165, 1.54) is 16.7 Å². The van der Waals surface area contributed by atoms with Gasteiger partial charge in [0.2, 0.25) is 5.91 Å². The van der Waals surface area contributed by atoms with Crippen molar-refractivity contribution in [3.8, 4) is 5.75 Å². The molecule has 0 radical (unpaired) electrons. The lowest BCUT2D eigenvalue weighted by molar-refractivity contribution is -0.127. The fourth-order valence-electron chi connectivity index (χ4n) is 3.71. The van der Waals surface area contributed by atoms with E-state index in [1.54, 1.807) is 7.11 Å². The molecule has 5 heteroatoms. The van der Waals surface area contributed by atoms with Gasteiger partial charge in [-0.2, -0.15) is 0 Å². The van der Waals surface area contributed by atoms with Gasteiger partial charge >= 0.3 is 0 Å². The van der Waals surface area contributed by atoms with Gasteiger partial charge in [-0.1, -0.05) is 48.4 Å². The van der Waals surface area contributed by atoms with Crippen LogP contribution in [0.15, 0.2) is 42.5 Å². The highest BCUT2D eigenvalue weighted by molar-refractivity contribution is 5.85. The third-order valence-corrected chi connectivity index (χ3v) is 5.47. The molecular formula is C23H31ClN2O2. The highest BCUT2D eigenvalue weighted by Crippen LogP contribution is 2.25. The molecule has 0 aliphatic carbocycles. The second-order valence-electron chi connectivity index (χ2n) is 7.74. The molecule has 0 spiro atoms. The lowest BCUT2D eigenvalue weighted by atomic mass is 9.87. The van der Waals surface area contributed by atoms with Gasteiger partial charge in [0.1, 0.15) is 5.75 Å². The highest BCUT2D eigenvalue weighted by atomic mass is 35.5. The van der Waals surface area contributed by atoms with Crippen molar-refractivity contribution in [2.24, 2.45) is 11.8 Å². The first-order chi connectivity index (χ1) is 13.0. The number of hydrogen-bond acceptors (Lipinski definition) is 3. The monoisotopic (exact) mass is 402 g/mol. The number of rotatable bonds is 7. The Morgan fingerprint density at radius 2 is 1.86 bits per heavy atom. The fraction of sp³-hybridized carbons (Fsp3) is 0.435. The van der Waals surface area contributed by atoms with Gasteiger partial charge in [0.15, 0.2) is 0 Å². The van der Waals surface area contributed by atoms with E-state index in [-0.39, 0.29) is 30.3 Å². The van der Waals surface area contributed by atoms with Crippen LogP contribution >= 0.6 is 12.4 Å². The van der Waals surface area contributed by atoms with Gasteiger partial charge in [0, 0.05) is 5.92 Å². The molecule has 2 unspecified atom stereocenters. The van der Waals surface area contributed by atoms with Crippen molar-refractivity contribution in [2.75, 3.05) is 20.2 Å². The van der Waals surface area contributed by atoms with Crippen LogP contribution in [0.4, 0.5) is 0 Å². The highest BCUT2D eigenvalue weighted by Gasteiger charge is 2.30. The zero-order valence-corrected chi connectivity index (χ0v) is 17.9. The first-order valence-electron chi connectivity index (χ1n) is 9.68. The number of aryl methyl sites for hydroxylation is 2. The van der Waals surface area contributed by atoms with Crippen LogP contribution in [-0.2, 0) is 11.2 Å². The Labute approximate surface area is 174 Å². The second kappa shape index (κ2) is 9.94. The van der Waals surface area contributed by atoms with Crippen molar-refractivity contribution in [1.29, 1.82) is 0 Å². The molecule has 0 bridgehead atoms. The summed E-state index contributed by atoms with van der Waals surface area (Å²) in [7, 11) is 1.67. The number of nitrogens with one attached hydrogen (secondary N) is 2. The summed E-state index contributed by atoms with van der Waals surface area (Å²) in [5.41, 5.74) is 4.80. The average molecular weight is 403 g/mol. The van der Waals surface area contributed by atoms with Crippen LogP contribution in [-0.4, -0.2) is 26.1 Å². The minimum Gasteiger partial charge on any atom is -0.497 e. The molecule has 0 aromatic heterocycles. The predicted octanol–water partition coefficient (Wildman–Crippen LogP) is 3.99. The van der Waals surface area contributed by atoms with Crippen LogP contribution in [0.3, 0.4) is 0 Å². The summed E-state index contributed by atoms with van der Waals surface area (Å²) in [4.78, 5) is 12.9. The number of hydrogen-bond donors (Lipinski definition) is 2. The molecule has 152 valence electrons. The minimum atomic E-state index is -0.0794. The summed E-state index contributed by atoms with van der Waals surface area (Å²) >= 11 is 0. The van der Waals surface area contributed by atoms with Gasteiger partial charge in [0.05, 0.1) is 13.2 Å². The lowest BCUT2D eigenvalue weighted by Crippen LogP contribution is -2.50. The molecule has 1 saturated heterocycles. The van der Waals surface area contributed by atoms with Gasteiger partial charge in [0.25, 0.3) is 0 Å². The molecule has 4 nitrogen and oxygen atoms in total. The molecule has 2 atom stereocenters. The van der Waals surface area contributed by atoms with Gasteiger partial charge in [-0.15, -0.1) is 12.4 Å². The number of benzene rings is 2. The van der Waals surface area contributed by atoms with Gasteiger partial charge < -0.3 is 15.4 Å². The predicted molar refractivity (Wildman–Crippen MR) is 116 cm³/mol. The third kappa shape index (κ3) is 5.49. The molecular weight excluding hydrogens is 372 g/mol. The molecule has 2 aromatic carbocycles. The number of methoxy groups -OCH3 is 1. The quantitative estimate of drug-likeness (QED) is 0.736. The third-order valence-electron chi connectivity index (χ3n) is 5.47. The molecule has 3 rings (SSSR count). The maximum absolute atomic E-state index is 12.9. The Bertz CT molecular complexity index is 785. The maximum Gasteiger partial charge on any atom is 0.223 e. The summed E-state index contributed by atoms with van der Waals surface area (Å²) in [5, 5.41) is 6.55. The minimum absolute atomic E-state index is 0. The Morgan fingerprint density at radius 3 is 2.43 bits per heavy atom. The van der Waals surface area contributed by atoms with Crippen molar-refractivity contribution in [1.82, 2.24) is 10.6 Å². The summed E-state index contributed by atoms with van der Waals surface area (Å²) in [6.45, 7) is 8.11. The van der Waals surface area contributed by atoms with Crippen LogP contribution in [0.1, 0.15) is 35.2 Å². The second-order valence-corrected chi connectivity index (χ2v) is 7.74. The molecule has 0 saturated carbocycles. The van der Waals surface area contributed by atoms with E-state index in [0.29, 0.717) is 5.92 Å². The summed E-state index contributed by atoms with van der Waals surface area (Å²) in [5.74, 6) is 1.37. The molecule has 1 aliphatic heterocycles. The molecule has 28 heavy (non-hydrogen) atoms. The van der Waals surface area contributed by atoms with E-state index < -0.39 is 0 Å². The van der Waals surface area contributed by atoms with Crippen LogP contribution in [0.25, 0.3) is 0 Å².